The van der Waals surface area contributed by atoms with Crippen LogP contribution in [-0.2, 0) is 0 Å². The molecule has 0 bridgehead atoms. The first-order chi connectivity index (χ1) is 14.8. The fraction of sp³-hybridized carbons (Fsp3) is 0.0714. The van der Waals surface area contributed by atoms with Crippen molar-refractivity contribution in [1.29, 1.82) is 0 Å². The SMILES string of the molecule is COc1ccc2c(ccc3c2ccc2c4ccc5cc(OC)ccc5c4ccc32)c1. The first-order valence-electron chi connectivity index (χ1n) is 10.1. The van der Waals surface area contributed by atoms with Gasteiger partial charge in [-0.05, 0) is 78.1 Å². The number of hydrogen-bond donors (Lipinski definition) is 0. The summed E-state index contributed by atoms with van der Waals surface area (Å²) in [7, 11) is 3.42. The van der Waals surface area contributed by atoms with Gasteiger partial charge in [-0.15, -0.1) is 0 Å². The highest BCUT2D eigenvalue weighted by Gasteiger charge is 2.10. The first kappa shape index (κ1) is 17.1. The summed E-state index contributed by atoms with van der Waals surface area (Å²) in [5, 5.41) is 12.6. The number of ether oxygens (including phenoxy) is 2. The molecule has 2 nitrogen and oxygen atoms in total. The molecule has 0 radical (unpaired) electrons. The second-order valence-electron chi connectivity index (χ2n) is 7.72. The fourth-order valence-corrected chi connectivity index (χ4v) is 4.73. The fourth-order valence-electron chi connectivity index (χ4n) is 4.73. The van der Waals surface area contributed by atoms with Crippen molar-refractivity contribution in [3.8, 4) is 11.5 Å². The maximum Gasteiger partial charge on any atom is 0.119 e. The summed E-state index contributed by atoms with van der Waals surface area (Å²) < 4.78 is 10.8. The molecule has 6 rings (SSSR count). The van der Waals surface area contributed by atoms with E-state index in [-0.39, 0.29) is 0 Å². The van der Waals surface area contributed by atoms with Gasteiger partial charge in [0.05, 0.1) is 14.2 Å². The summed E-state index contributed by atoms with van der Waals surface area (Å²) in [6.07, 6.45) is 0. The van der Waals surface area contributed by atoms with E-state index < -0.39 is 0 Å². The predicted octanol–water partition coefficient (Wildman–Crippen LogP) is 7.47. The minimum atomic E-state index is 0.886. The summed E-state index contributed by atoms with van der Waals surface area (Å²) in [5.41, 5.74) is 0. The van der Waals surface area contributed by atoms with Crippen LogP contribution in [0.5, 0.6) is 11.5 Å². The average molecular weight is 388 g/mol. The highest BCUT2D eigenvalue weighted by atomic mass is 16.5. The Hall–Kier alpha value is -3.78. The third-order valence-corrected chi connectivity index (χ3v) is 6.24. The van der Waals surface area contributed by atoms with Gasteiger partial charge in [0.15, 0.2) is 0 Å². The van der Waals surface area contributed by atoms with E-state index in [4.69, 9.17) is 9.47 Å². The molecule has 30 heavy (non-hydrogen) atoms. The molecule has 0 amide bonds. The van der Waals surface area contributed by atoms with Crippen molar-refractivity contribution < 1.29 is 9.47 Å². The molecule has 0 heterocycles. The van der Waals surface area contributed by atoms with E-state index in [0.29, 0.717) is 0 Å². The summed E-state index contributed by atoms with van der Waals surface area (Å²) in [6, 6.07) is 30.5. The second kappa shape index (κ2) is 6.36. The Morgan fingerprint density at radius 3 is 1.03 bits per heavy atom. The first-order valence-corrected chi connectivity index (χ1v) is 10.1. The Balaban J connectivity index is 1.68. The van der Waals surface area contributed by atoms with Crippen LogP contribution in [-0.4, -0.2) is 14.2 Å². The monoisotopic (exact) mass is 388 g/mol. The van der Waals surface area contributed by atoms with Gasteiger partial charge in [-0.2, -0.15) is 0 Å². The Kier molecular flexibility index (Phi) is 3.63. The molecule has 0 saturated carbocycles. The summed E-state index contributed by atoms with van der Waals surface area (Å²) >= 11 is 0. The lowest BCUT2D eigenvalue weighted by Crippen LogP contribution is -1.86. The molecular weight excluding hydrogens is 368 g/mol. The van der Waals surface area contributed by atoms with Crippen LogP contribution >= 0.6 is 0 Å². The number of methoxy groups -OCH3 is 2. The lowest BCUT2D eigenvalue weighted by atomic mass is 9.92. The smallest absolute Gasteiger partial charge is 0.119 e. The quantitative estimate of drug-likeness (QED) is 0.286. The van der Waals surface area contributed by atoms with Crippen LogP contribution in [0.2, 0.25) is 0 Å². The van der Waals surface area contributed by atoms with Gasteiger partial charge in [0.1, 0.15) is 11.5 Å². The summed E-state index contributed by atoms with van der Waals surface area (Å²) in [6.45, 7) is 0. The third-order valence-electron chi connectivity index (χ3n) is 6.24. The topological polar surface area (TPSA) is 18.5 Å². The molecule has 6 aromatic rings. The molecule has 0 saturated heterocycles. The van der Waals surface area contributed by atoms with Crippen LogP contribution in [0.3, 0.4) is 0 Å². The van der Waals surface area contributed by atoms with Gasteiger partial charge in [-0.3, -0.25) is 0 Å². The van der Waals surface area contributed by atoms with Crippen LogP contribution in [0.15, 0.2) is 84.9 Å². The van der Waals surface area contributed by atoms with Crippen LogP contribution in [0.25, 0.3) is 53.9 Å². The van der Waals surface area contributed by atoms with E-state index in [1.165, 1.54) is 53.9 Å². The van der Waals surface area contributed by atoms with Crippen molar-refractivity contribution in [2.45, 2.75) is 0 Å². The molecule has 144 valence electrons. The van der Waals surface area contributed by atoms with E-state index in [2.05, 4.69) is 72.8 Å². The van der Waals surface area contributed by atoms with Gasteiger partial charge in [0.25, 0.3) is 0 Å². The maximum atomic E-state index is 5.39. The highest BCUT2D eigenvalue weighted by Crippen LogP contribution is 2.37. The molecule has 0 aliphatic heterocycles. The van der Waals surface area contributed by atoms with Gasteiger partial charge in [-0.25, -0.2) is 0 Å². The molecule has 6 aromatic carbocycles. The molecule has 0 aliphatic carbocycles. The molecule has 2 heteroatoms. The standard InChI is InChI=1S/C28H20O2/c1-29-19-5-9-21-17(15-19)3-7-25-23(21)11-13-28-26-8-4-18-16-20(30-2)6-10-22(18)24(26)12-14-27(25)28/h3-16H,1-2H3. The minimum absolute atomic E-state index is 0.886. The zero-order chi connectivity index (χ0) is 20.2. The summed E-state index contributed by atoms with van der Waals surface area (Å²) in [4.78, 5) is 0. The Morgan fingerprint density at radius 1 is 0.367 bits per heavy atom. The normalized spacial score (nSPS) is 11.7. The Labute approximate surface area is 174 Å². The zero-order valence-electron chi connectivity index (χ0n) is 16.9. The maximum absolute atomic E-state index is 5.39. The van der Waals surface area contributed by atoms with E-state index in [0.717, 1.165) is 11.5 Å². The van der Waals surface area contributed by atoms with E-state index in [1.807, 2.05) is 12.1 Å². The van der Waals surface area contributed by atoms with Crippen molar-refractivity contribution >= 4 is 53.9 Å². The van der Waals surface area contributed by atoms with Crippen LogP contribution in [0, 0.1) is 0 Å². The molecule has 0 fully saturated rings. The molecule has 0 atom stereocenters. The zero-order valence-corrected chi connectivity index (χ0v) is 16.9. The molecule has 0 N–H and O–H groups in total. The molecule has 0 aliphatic rings. The number of fused-ring (bicyclic) bond motifs is 9. The van der Waals surface area contributed by atoms with E-state index in [1.54, 1.807) is 14.2 Å². The highest BCUT2D eigenvalue weighted by molar-refractivity contribution is 6.25. The summed E-state index contributed by atoms with van der Waals surface area (Å²) in [5.74, 6) is 1.77. The van der Waals surface area contributed by atoms with Crippen LogP contribution in [0.1, 0.15) is 0 Å². The predicted molar refractivity (Wildman–Crippen MR) is 127 cm³/mol. The van der Waals surface area contributed by atoms with Crippen molar-refractivity contribution in [3.63, 3.8) is 0 Å². The van der Waals surface area contributed by atoms with Crippen LogP contribution < -0.4 is 9.47 Å². The Bertz CT molecular complexity index is 1490. The van der Waals surface area contributed by atoms with Crippen molar-refractivity contribution in [2.24, 2.45) is 0 Å². The molecule has 0 unspecified atom stereocenters. The van der Waals surface area contributed by atoms with E-state index in [9.17, 15) is 0 Å². The van der Waals surface area contributed by atoms with Gasteiger partial charge in [0, 0.05) is 0 Å². The third kappa shape index (κ3) is 2.37. The number of rotatable bonds is 2. The minimum Gasteiger partial charge on any atom is -0.497 e. The lowest BCUT2D eigenvalue weighted by Gasteiger charge is -2.12. The van der Waals surface area contributed by atoms with Crippen molar-refractivity contribution in [3.05, 3.63) is 84.9 Å². The largest absolute Gasteiger partial charge is 0.497 e. The van der Waals surface area contributed by atoms with Gasteiger partial charge in [-0.1, -0.05) is 60.7 Å². The van der Waals surface area contributed by atoms with Crippen molar-refractivity contribution in [2.75, 3.05) is 14.2 Å². The van der Waals surface area contributed by atoms with Gasteiger partial charge >= 0.3 is 0 Å². The van der Waals surface area contributed by atoms with E-state index >= 15 is 0 Å². The van der Waals surface area contributed by atoms with Gasteiger partial charge in [0.2, 0.25) is 0 Å². The lowest BCUT2D eigenvalue weighted by molar-refractivity contribution is 0.415. The number of hydrogen-bond acceptors (Lipinski definition) is 2. The van der Waals surface area contributed by atoms with Crippen molar-refractivity contribution in [1.82, 2.24) is 0 Å². The number of benzene rings is 6. The van der Waals surface area contributed by atoms with Gasteiger partial charge < -0.3 is 9.47 Å². The second-order valence-corrected chi connectivity index (χ2v) is 7.72. The average Bonchev–Trinajstić information content (AvgIpc) is 2.82. The molecule has 0 spiro atoms. The molecular formula is C28H20O2. The Morgan fingerprint density at radius 2 is 0.667 bits per heavy atom. The van der Waals surface area contributed by atoms with Crippen LogP contribution in [0.4, 0.5) is 0 Å². The molecule has 0 aromatic heterocycles.